The molecule has 0 unspecified atom stereocenters. The second-order valence-electron chi connectivity index (χ2n) is 5.61. The topological polar surface area (TPSA) is 73.1 Å². The molecule has 0 saturated heterocycles. The van der Waals surface area contributed by atoms with Crippen LogP contribution in [-0.4, -0.2) is 25.8 Å². The number of carbonyl (C=O) groups is 1. The lowest BCUT2D eigenvalue weighted by atomic mass is 10.2. The second-order valence-corrected chi connectivity index (χ2v) is 5.61. The van der Waals surface area contributed by atoms with Gasteiger partial charge in [0, 0.05) is 5.39 Å². The Labute approximate surface area is 151 Å². The predicted octanol–water partition coefficient (Wildman–Crippen LogP) is 3.99. The quantitative estimate of drug-likeness (QED) is 0.515. The van der Waals surface area contributed by atoms with E-state index in [4.69, 9.17) is 13.9 Å². The predicted molar refractivity (Wildman–Crippen MR) is 100 cm³/mol. The number of nitrogens with zero attached hydrogens (tertiary/aromatic N) is 1. The van der Waals surface area contributed by atoms with E-state index in [-0.39, 0.29) is 5.76 Å². The minimum atomic E-state index is -0.428. The Kier molecular flexibility index (Phi) is 5.53. The molecule has 0 bridgehead atoms. The lowest BCUT2D eigenvalue weighted by Gasteiger charge is -2.03. The maximum Gasteiger partial charge on any atom is 0.307 e. The Hall–Kier alpha value is -3.28. The summed E-state index contributed by atoms with van der Waals surface area (Å²) in [5.74, 6) is 1.13. The monoisotopic (exact) mass is 352 g/mol. The van der Waals surface area contributed by atoms with E-state index in [1.807, 2.05) is 36.4 Å². The fourth-order valence-electron chi connectivity index (χ4n) is 2.40. The van der Waals surface area contributed by atoms with Gasteiger partial charge in [0.05, 0.1) is 19.9 Å². The third-order valence-corrected chi connectivity index (χ3v) is 3.68. The van der Waals surface area contributed by atoms with Gasteiger partial charge < -0.3 is 13.9 Å². The zero-order chi connectivity index (χ0) is 18.4. The van der Waals surface area contributed by atoms with Crippen LogP contribution in [0.4, 0.5) is 0 Å². The SMILES string of the molecule is CCCOc1ccc(/C=N\NC(=O)c2cc3cccc(OC)c3o2)cc1. The van der Waals surface area contributed by atoms with Crippen LogP contribution in [0.15, 0.2) is 58.0 Å². The maximum absolute atomic E-state index is 12.2. The van der Waals surface area contributed by atoms with Gasteiger partial charge in [0.2, 0.25) is 0 Å². The van der Waals surface area contributed by atoms with Crippen molar-refractivity contribution in [3.8, 4) is 11.5 Å². The molecule has 0 fully saturated rings. The zero-order valence-electron chi connectivity index (χ0n) is 14.7. The molecule has 0 aliphatic heterocycles. The molecule has 3 aromatic rings. The number of para-hydroxylation sites is 1. The van der Waals surface area contributed by atoms with E-state index in [2.05, 4.69) is 17.5 Å². The third-order valence-electron chi connectivity index (χ3n) is 3.68. The molecule has 1 amide bonds. The van der Waals surface area contributed by atoms with Gasteiger partial charge in [0.1, 0.15) is 5.75 Å². The van der Waals surface area contributed by atoms with Crippen LogP contribution in [0, 0.1) is 0 Å². The first-order valence-corrected chi connectivity index (χ1v) is 8.34. The lowest BCUT2D eigenvalue weighted by molar-refractivity contribution is 0.0929. The number of hydrogen-bond acceptors (Lipinski definition) is 5. The van der Waals surface area contributed by atoms with Crippen LogP contribution in [-0.2, 0) is 0 Å². The summed E-state index contributed by atoms with van der Waals surface area (Å²) < 4.78 is 16.3. The van der Waals surface area contributed by atoms with Gasteiger partial charge in [-0.2, -0.15) is 5.10 Å². The van der Waals surface area contributed by atoms with Crippen molar-refractivity contribution in [2.45, 2.75) is 13.3 Å². The van der Waals surface area contributed by atoms with Gasteiger partial charge in [-0.1, -0.05) is 19.1 Å². The Bertz CT molecular complexity index is 913. The van der Waals surface area contributed by atoms with Crippen molar-refractivity contribution in [1.29, 1.82) is 0 Å². The van der Waals surface area contributed by atoms with Gasteiger partial charge in [0.25, 0.3) is 0 Å². The van der Waals surface area contributed by atoms with Crippen LogP contribution in [0.1, 0.15) is 29.5 Å². The molecule has 1 N–H and O–H groups in total. The Balaban J connectivity index is 1.64. The second kappa shape index (κ2) is 8.20. The van der Waals surface area contributed by atoms with E-state index < -0.39 is 5.91 Å². The van der Waals surface area contributed by atoms with Gasteiger partial charge in [-0.05, 0) is 48.4 Å². The van der Waals surface area contributed by atoms with Gasteiger partial charge in [-0.15, -0.1) is 0 Å². The summed E-state index contributed by atoms with van der Waals surface area (Å²) in [6, 6.07) is 14.6. The summed E-state index contributed by atoms with van der Waals surface area (Å²) in [5, 5.41) is 4.76. The first-order chi connectivity index (χ1) is 12.7. The van der Waals surface area contributed by atoms with Crippen LogP contribution in [0.25, 0.3) is 11.0 Å². The van der Waals surface area contributed by atoms with Crippen molar-refractivity contribution in [3.05, 3.63) is 59.9 Å². The summed E-state index contributed by atoms with van der Waals surface area (Å²) in [6.45, 7) is 2.74. The highest BCUT2D eigenvalue weighted by Crippen LogP contribution is 2.28. The molecule has 6 nitrogen and oxygen atoms in total. The molecule has 0 spiro atoms. The molecule has 0 atom stereocenters. The number of nitrogens with one attached hydrogen (secondary N) is 1. The number of furan rings is 1. The van der Waals surface area contributed by atoms with E-state index >= 15 is 0 Å². The number of amides is 1. The minimum Gasteiger partial charge on any atom is -0.494 e. The van der Waals surface area contributed by atoms with Crippen LogP contribution in [0.3, 0.4) is 0 Å². The summed E-state index contributed by atoms with van der Waals surface area (Å²) in [4.78, 5) is 12.2. The highest BCUT2D eigenvalue weighted by atomic mass is 16.5. The minimum absolute atomic E-state index is 0.171. The molecule has 3 rings (SSSR count). The molecule has 1 aromatic heterocycles. The number of hydrogen-bond donors (Lipinski definition) is 1. The molecule has 6 heteroatoms. The molecular formula is C20H20N2O4. The number of fused-ring (bicyclic) bond motifs is 1. The normalized spacial score (nSPS) is 11.0. The van der Waals surface area contributed by atoms with Gasteiger partial charge in [-0.25, -0.2) is 5.43 Å². The first-order valence-electron chi connectivity index (χ1n) is 8.34. The molecule has 0 radical (unpaired) electrons. The Morgan fingerprint density at radius 1 is 1.23 bits per heavy atom. The smallest absolute Gasteiger partial charge is 0.307 e. The summed E-state index contributed by atoms with van der Waals surface area (Å²) in [5.41, 5.74) is 3.84. The number of ether oxygens (including phenoxy) is 2. The van der Waals surface area contributed by atoms with Crippen molar-refractivity contribution in [2.24, 2.45) is 5.10 Å². The van der Waals surface area contributed by atoms with Crippen molar-refractivity contribution in [2.75, 3.05) is 13.7 Å². The zero-order valence-corrected chi connectivity index (χ0v) is 14.7. The first kappa shape index (κ1) is 17.5. The van der Waals surface area contributed by atoms with Gasteiger partial charge >= 0.3 is 5.91 Å². The van der Waals surface area contributed by atoms with E-state index in [0.717, 1.165) is 23.1 Å². The summed E-state index contributed by atoms with van der Waals surface area (Å²) in [6.07, 6.45) is 2.52. The average molecular weight is 352 g/mol. The fraction of sp³-hybridized carbons (Fsp3) is 0.200. The number of methoxy groups -OCH3 is 1. The molecule has 0 aliphatic carbocycles. The van der Waals surface area contributed by atoms with Gasteiger partial charge in [0.15, 0.2) is 17.1 Å². The molecule has 134 valence electrons. The van der Waals surface area contributed by atoms with Crippen molar-refractivity contribution in [1.82, 2.24) is 5.43 Å². The summed E-state index contributed by atoms with van der Waals surface area (Å²) >= 11 is 0. The largest absolute Gasteiger partial charge is 0.494 e. The van der Waals surface area contributed by atoms with Gasteiger partial charge in [-0.3, -0.25) is 4.79 Å². The van der Waals surface area contributed by atoms with Crippen LogP contribution >= 0.6 is 0 Å². The molecule has 0 aliphatic rings. The number of carbonyl (C=O) groups excluding carboxylic acids is 1. The maximum atomic E-state index is 12.2. The fourth-order valence-corrected chi connectivity index (χ4v) is 2.40. The average Bonchev–Trinajstić information content (AvgIpc) is 3.11. The van der Waals surface area contributed by atoms with Crippen molar-refractivity contribution in [3.63, 3.8) is 0 Å². The van der Waals surface area contributed by atoms with Crippen LogP contribution < -0.4 is 14.9 Å². The highest BCUT2D eigenvalue weighted by Gasteiger charge is 2.14. The third kappa shape index (κ3) is 4.03. The van der Waals surface area contributed by atoms with Crippen molar-refractivity contribution >= 4 is 23.1 Å². The molecule has 26 heavy (non-hydrogen) atoms. The van der Waals surface area contributed by atoms with Crippen LogP contribution in [0.2, 0.25) is 0 Å². The Morgan fingerprint density at radius 2 is 2.04 bits per heavy atom. The number of benzene rings is 2. The molecule has 2 aromatic carbocycles. The number of hydrazone groups is 1. The van der Waals surface area contributed by atoms with E-state index in [0.29, 0.717) is 17.9 Å². The number of rotatable bonds is 7. The lowest BCUT2D eigenvalue weighted by Crippen LogP contribution is -2.16. The van der Waals surface area contributed by atoms with Crippen LogP contribution in [0.5, 0.6) is 11.5 Å². The molecule has 1 heterocycles. The van der Waals surface area contributed by atoms with Crippen molar-refractivity contribution < 1.29 is 18.7 Å². The van der Waals surface area contributed by atoms with E-state index in [1.54, 1.807) is 25.5 Å². The highest BCUT2D eigenvalue weighted by molar-refractivity contribution is 5.97. The molecular weight excluding hydrogens is 332 g/mol. The van der Waals surface area contributed by atoms with E-state index in [9.17, 15) is 4.79 Å². The van der Waals surface area contributed by atoms with E-state index in [1.165, 1.54) is 0 Å². The molecule has 0 saturated carbocycles. The Morgan fingerprint density at radius 3 is 2.77 bits per heavy atom. The summed E-state index contributed by atoms with van der Waals surface area (Å²) in [7, 11) is 1.56. The standard InChI is InChI=1S/C20H20N2O4/c1-3-11-25-16-9-7-14(8-10-16)13-21-22-20(23)18-12-15-5-4-6-17(24-2)19(15)26-18/h4-10,12-13H,3,11H2,1-2H3,(H,22,23)/b21-13-.